The van der Waals surface area contributed by atoms with Crippen molar-refractivity contribution in [1.29, 1.82) is 0 Å². The highest BCUT2D eigenvalue weighted by Crippen LogP contribution is 2.37. The molecule has 33 heavy (non-hydrogen) atoms. The number of carbonyl (C=O) groups excluding carboxylic acids is 1. The van der Waals surface area contributed by atoms with Gasteiger partial charge in [0, 0.05) is 5.56 Å². The van der Waals surface area contributed by atoms with Crippen molar-refractivity contribution in [2.75, 3.05) is 0 Å². The first-order valence-corrected chi connectivity index (χ1v) is 11.5. The molecule has 0 aromatic heterocycles. The SMILES string of the molecule is CCc1ccc(-c2ccc(OC(=O)c3ccc(C4CCC(C)CC4)c(F)c3F)cc2)c(F)c1. The summed E-state index contributed by atoms with van der Waals surface area (Å²) in [6.45, 7) is 4.12. The summed E-state index contributed by atoms with van der Waals surface area (Å²) in [5.41, 5.74) is 1.85. The quantitative estimate of drug-likeness (QED) is 0.291. The van der Waals surface area contributed by atoms with Gasteiger partial charge in [0.15, 0.2) is 11.6 Å². The molecular weight excluding hydrogens is 425 g/mol. The highest BCUT2D eigenvalue weighted by Gasteiger charge is 2.27. The third-order valence-corrected chi connectivity index (χ3v) is 6.61. The topological polar surface area (TPSA) is 26.3 Å². The van der Waals surface area contributed by atoms with Crippen LogP contribution in [-0.4, -0.2) is 5.97 Å². The van der Waals surface area contributed by atoms with Crippen LogP contribution in [0.5, 0.6) is 5.75 Å². The molecule has 3 aromatic rings. The summed E-state index contributed by atoms with van der Waals surface area (Å²) in [4.78, 5) is 12.5. The molecule has 1 aliphatic rings. The lowest BCUT2D eigenvalue weighted by Crippen LogP contribution is -2.16. The van der Waals surface area contributed by atoms with Gasteiger partial charge >= 0.3 is 5.97 Å². The number of aryl methyl sites for hydroxylation is 1. The van der Waals surface area contributed by atoms with Crippen LogP contribution >= 0.6 is 0 Å². The highest BCUT2D eigenvalue weighted by atomic mass is 19.2. The summed E-state index contributed by atoms with van der Waals surface area (Å²) in [5, 5.41) is 0. The predicted molar refractivity (Wildman–Crippen MR) is 123 cm³/mol. The summed E-state index contributed by atoms with van der Waals surface area (Å²) in [6, 6.07) is 14.1. The Bertz CT molecular complexity index is 1150. The van der Waals surface area contributed by atoms with Gasteiger partial charge in [0.25, 0.3) is 0 Å². The molecule has 1 saturated carbocycles. The Hall–Kier alpha value is -3.08. The van der Waals surface area contributed by atoms with Crippen molar-refractivity contribution in [2.45, 2.75) is 51.9 Å². The fourth-order valence-electron chi connectivity index (χ4n) is 4.49. The molecule has 0 atom stereocenters. The van der Waals surface area contributed by atoms with Crippen LogP contribution in [0.4, 0.5) is 13.2 Å². The van der Waals surface area contributed by atoms with Gasteiger partial charge in [0.1, 0.15) is 11.6 Å². The molecule has 1 fully saturated rings. The standard InChI is InChI=1S/C28H27F3O2/c1-3-18-6-13-22(25(29)16-18)19-9-11-21(12-10-19)33-28(32)24-15-14-23(26(30)27(24)31)20-7-4-17(2)5-8-20/h6,9-17,20H,3-5,7-8H2,1-2H3. The largest absolute Gasteiger partial charge is 0.423 e. The van der Waals surface area contributed by atoms with Crippen molar-refractivity contribution in [3.8, 4) is 16.9 Å². The number of ether oxygens (including phenoxy) is 1. The number of benzene rings is 3. The number of carbonyl (C=O) groups is 1. The van der Waals surface area contributed by atoms with Crippen molar-refractivity contribution in [3.05, 3.63) is 88.7 Å². The van der Waals surface area contributed by atoms with E-state index in [4.69, 9.17) is 4.74 Å². The number of hydrogen-bond donors (Lipinski definition) is 0. The average Bonchev–Trinajstić information content (AvgIpc) is 2.82. The Labute approximate surface area is 192 Å². The molecule has 0 amide bonds. The third-order valence-electron chi connectivity index (χ3n) is 6.61. The van der Waals surface area contributed by atoms with Crippen LogP contribution in [0.15, 0.2) is 54.6 Å². The molecule has 0 bridgehead atoms. The Balaban J connectivity index is 1.48. The van der Waals surface area contributed by atoms with Crippen molar-refractivity contribution in [1.82, 2.24) is 0 Å². The van der Waals surface area contributed by atoms with E-state index >= 15 is 0 Å². The van der Waals surface area contributed by atoms with Gasteiger partial charge in [-0.25, -0.2) is 18.0 Å². The van der Waals surface area contributed by atoms with E-state index in [2.05, 4.69) is 6.92 Å². The van der Waals surface area contributed by atoms with E-state index in [0.717, 1.165) is 37.7 Å². The zero-order chi connectivity index (χ0) is 23.5. The molecule has 0 heterocycles. The minimum absolute atomic E-state index is 0.0277. The van der Waals surface area contributed by atoms with Crippen LogP contribution < -0.4 is 4.74 Å². The second-order valence-electron chi connectivity index (χ2n) is 8.87. The molecular formula is C28H27F3O2. The lowest BCUT2D eigenvalue weighted by atomic mass is 9.79. The average molecular weight is 453 g/mol. The van der Waals surface area contributed by atoms with Gasteiger partial charge in [-0.15, -0.1) is 0 Å². The first kappa shape index (κ1) is 23.1. The summed E-state index contributed by atoms with van der Waals surface area (Å²) in [6.07, 6.45) is 4.34. The molecule has 0 radical (unpaired) electrons. The van der Waals surface area contributed by atoms with Gasteiger partial charge in [0.2, 0.25) is 0 Å². The second kappa shape index (κ2) is 9.82. The van der Waals surface area contributed by atoms with E-state index in [0.29, 0.717) is 22.6 Å². The minimum atomic E-state index is -1.18. The lowest BCUT2D eigenvalue weighted by Gasteiger charge is -2.27. The zero-order valence-corrected chi connectivity index (χ0v) is 18.8. The van der Waals surface area contributed by atoms with Gasteiger partial charge in [-0.2, -0.15) is 0 Å². The first-order valence-electron chi connectivity index (χ1n) is 11.5. The fourth-order valence-corrected chi connectivity index (χ4v) is 4.49. The van der Waals surface area contributed by atoms with Crippen LogP contribution in [0, 0.1) is 23.4 Å². The number of halogens is 3. The van der Waals surface area contributed by atoms with E-state index < -0.39 is 23.2 Å². The van der Waals surface area contributed by atoms with Crippen LogP contribution in [0.1, 0.15) is 66.9 Å². The Kier molecular flexibility index (Phi) is 6.87. The Morgan fingerprint density at radius 2 is 1.61 bits per heavy atom. The maximum absolute atomic E-state index is 14.8. The second-order valence-corrected chi connectivity index (χ2v) is 8.87. The van der Waals surface area contributed by atoms with Crippen molar-refractivity contribution in [2.24, 2.45) is 5.92 Å². The van der Waals surface area contributed by atoms with Gasteiger partial charge in [-0.05, 0) is 72.1 Å². The first-order chi connectivity index (χ1) is 15.9. The maximum Gasteiger partial charge on any atom is 0.346 e. The number of esters is 1. The van der Waals surface area contributed by atoms with E-state index in [1.165, 1.54) is 30.3 Å². The van der Waals surface area contributed by atoms with Crippen LogP contribution in [0.3, 0.4) is 0 Å². The van der Waals surface area contributed by atoms with Crippen molar-refractivity contribution in [3.63, 3.8) is 0 Å². The summed E-state index contributed by atoms with van der Waals surface area (Å²) >= 11 is 0. The van der Waals surface area contributed by atoms with Crippen molar-refractivity contribution >= 4 is 5.97 Å². The van der Waals surface area contributed by atoms with Gasteiger partial charge in [-0.1, -0.05) is 57.0 Å². The minimum Gasteiger partial charge on any atom is -0.423 e. The van der Waals surface area contributed by atoms with Crippen molar-refractivity contribution < 1.29 is 22.7 Å². The number of hydrogen-bond acceptors (Lipinski definition) is 2. The molecule has 0 unspecified atom stereocenters. The fraction of sp³-hybridized carbons (Fsp3) is 0.321. The Morgan fingerprint density at radius 1 is 0.909 bits per heavy atom. The zero-order valence-electron chi connectivity index (χ0n) is 18.8. The smallest absolute Gasteiger partial charge is 0.346 e. The molecule has 1 aliphatic carbocycles. The Morgan fingerprint density at radius 3 is 2.24 bits per heavy atom. The lowest BCUT2D eigenvalue weighted by molar-refractivity contribution is 0.0728. The summed E-state index contributed by atoms with van der Waals surface area (Å²) in [7, 11) is 0. The maximum atomic E-state index is 14.8. The predicted octanol–water partition coefficient (Wildman–Crippen LogP) is 7.85. The summed E-state index contributed by atoms with van der Waals surface area (Å²) < 4.78 is 49.1. The van der Waals surface area contributed by atoms with E-state index in [-0.39, 0.29) is 17.5 Å². The van der Waals surface area contributed by atoms with E-state index in [1.54, 1.807) is 18.2 Å². The monoisotopic (exact) mass is 452 g/mol. The molecule has 0 aliphatic heterocycles. The molecule has 4 rings (SSSR count). The van der Waals surface area contributed by atoms with Gasteiger partial charge < -0.3 is 4.74 Å². The van der Waals surface area contributed by atoms with Crippen LogP contribution in [-0.2, 0) is 6.42 Å². The molecule has 172 valence electrons. The molecule has 3 aromatic carbocycles. The normalized spacial score (nSPS) is 18.2. The highest BCUT2D eigenvalue weighted by molar-refractivity contribution is 5.91. The molecule has 2 nitrogen and oxygen atoms in total. The molecule has 0 saturated heterocycles. The van der Waals surface area contributed by atoms with Gasteiger partial charge in [0.05, 0.1) is 5.56 Å². The van der Waals surface area contributed by atoms with Crippen LogP contribution in [0.25, 0.3) is 11.1 Å². The van der Waals surface area contributed by atoms with Gasteiger partial charge in [-0.3, -0.25) is 0 Å². The van der Waals surface area contributed by atoms with Crippen LogP contribution in [0.2, 0.25) is 0 Å². The molecule has 0 N–H and O–H groups in total. The van der Waals surface area contributed by atoms with E-state index in [1.807, 2.05) is 13.0 Å². The van der Waals surface area contributed by atoms with E-state index in [9.17, 15) is 18.0 Å². The molecule has 0 spiro atoms. The third kappa shape index (κ3) is 4.97. The number of rotatable bonds is 5. The summed E-state index contributed by atoms with van der Waals surface area (Å²) in [5.74, 6) is -2.71. The molecule has 5 heteroatoms.